The van der Waals surface area contributed by atoms with Crippen LogP contribution in [-0.4, -0.2) is 17.2 Å². The number of aliphatic carboxylic acids is 1. The summed E-state index contributed by atoms with van der Waals surface area (Å²) in [7, 11) is 0. The van der Waals surface area contributed by atoms with Gasteiger partial charge in [-0.1, -0.05) is 13.8 Å². The summed E-state index contributed by atoms with van der Waals surface area (Å²) in [5, 5.41) is 21.7. The summed E-state index contributed by atoms with van der Waals surface area (Å²) in [5.74, 6) is 1.66. The lowest BCUT2D eigenvalue weighted by atomic mass is 9.44. The number of fused-ring (bicyclic) bond motifs is 5. The number of carboxylic acid groups (broad SMARTS) is 1. The lowest BCUT2D eigenvalue weighted by Gasteiger charge is -2.61. The Morgan fingerprint density at radius 1 is 0.957 bits per heavy atom. The quantitative estimate of drug-likeness (QED) is 0.808. The summed E-state index contributed by atoms with van der Waals surface area (Å²) >= 11 is 0. The van der Waals surface area contributed by atoms with E-state index in [9.17, 15) is 15.0 Å². The Kier molecular flexibility index (Phi) is 3.61. The molecule has 4 rings (SSSR count). The molecule has 3 nitrogen and oxygen atoms in total. The number of carboxylic acids is 1. The molecule has 0 amide bonds. The Labute approximate surface area is 139 Å². The largest absolute Gasteiger partial charge is 0.550 e. The van der Waals surface area contributed by atoms with Crippen LogP contribution in [-0.2, 0) is 4.79 Å². The Hall–Kier alpha value is -0.570. The highest BCUT2D eigenvalue weighted by Gasteiger charge is 2.60. The summed E-state index contributed by atoms with van der Waals surface area (Å²) in [6.07, 6.45) is 9.65. The van der Waals surface area contributed by atoms with E-state index in [2.05, 4.69) is 13.8 Å². The molecule has 0 bridgehead atoms. The maximum absolute atomic E-state index is 11.6. The first kappa shape index (κ1) is 15.9. The minimum atomic E-state index is -0.811. The van der Waals surface area contributed by atoms with Gasteiger partial charge < -0.3 is 15.0 Å². The zero-order valence-corrected chi connectivity index (χ0v) is 14.6. The molecule has 4 fully saturated rings. The van der Waals surface area contributed by atoms with Crippen LogP contribution < -0.4 is 5.11 Å². The van der Waals surface area contributed by atoms with Gasteiger partial charge in [0, 0.05) is 11.9 Å². The third-order valence-corrected chi connectivity index (χ3v) is 8.92. The smallest absolute Gasteiger partial charge is 0.0543 e. The number of aliphatic hydroxyl groups is 1. The number of hydrogen-bond donors (Lipinski definition) is 1. The zero-order valence-electron chi connectivity index (χ0n) is 14.6. The van der Waals surface area contributed by atoms with Crippen LogP contribution in [0, 0.1) is 40.4 Å². The Morgan fingerprint density at radius 3 is 2.39 bits per heavy atom. The molecule has 0 heterocycles. The lowest BCUT2D eigenvalue weighted by molar-refractivity contribution is -0.315. The second-order valence-corrected chi connectivity index (χ2v) is 9.58. The molecule has 4 aliphatic carbocycles. The van der Waals surface area contributed by atoms with Gasteiger partial charge in [0.15, 0.2) is 0 Å². The SMILES string of the molecule is C[C@]12CC[C@@H](O)C[C@@H]1CC[C@H]1[C@H]3CC[C@H](C(=O)[O-])[C@@]3(C)CC[C@@H]12. The normalized spacial score (nSPS) is 55.6. The average molecular weight is 319 g/mol. The van der Waals surface area contributed by atoms with Gasteiger partial charge in [0.05, 0.1) is 6.10 Å². The van der Waals surface area contributed by atoms with E-state index >= 15 is 0 Å². The molecule has 0 aromatic rings. The molecule has 3 heteroatoms. The van der Waals surface area contributed by atoms with Crippen LogP contribution in [0.1, 0.15) is 71.6 Å². The van der Waals surface area contributed by atoms with Crippen LogP contribution in [0.15, 0.2) is 0 Å². The molecule has 23 heavy (non-hydrogen) atoms. The van der Waals surface area contributed by atoms with Crippen molar-refractivity contribution in [3.05, 3.63) is 0 Å². The van der Waals surface area contributed by atoms with Crippen molar-refractivity contribution in [2.75, 3.05) is 0 Å². The highest BCUT2D eigenvalue weighted by Crippen LogP contribution is 2.67. The van der Waals surface area contributed by atoms with E-state index in [1.54, 1.807) is 0 Å². The molecule has 0 aromatic carbocycles. The van der Waals surface area contributed by atoms with E-state index < -0.39 is 5.97 Å². The predicted molar refractivity (Wildman–Crippen MR) is 86.2 cm³/mol. The van der Waals surface area contributed by atoms with Crippen LogP contribution in [0.5, 0.6) is 0 Å². The van der Waals surface area contributed by atoms with Gasteiger partial charge in [0.25, 0.3) is 0 Å². The Morgan fingerprint density at radius 2 is 1.65 bits per heavy atom. The Balaban J connectivity index is 1.61. The highest BCUT2D eigenvalue weighted by atomic mass is 16.4. The molecule has 4 aliphatic rings. The van der Waals surface area contributed by atoms with Gasteiger partial charge in [-0.25, -0.2) is 0 Å². The van der Waals surface area contributed by atoms with Crippen molar-refractivity contribution in [2.24, 2.45) is 40.4 Å². The third kappa shape index (κ3) is 2.14. The van der Waals surface area contributed by atoms with Gasteiger partial charge >= 0.3 is 0 Å². The molecule has 0 unspecified atom stereocenters. The monoisotopic (exact) mass is 319 g/mol. The van der Waals surface area contributed by atoms with Crippen LogP contribution >= 0.6 is 0 Å². The Bertz CT molecular complexity index is 503. The van der Waals surface area contributed by atoms with Crippen molar-refractivity contribution in [3.8, 4) is 0 Å². The maximum atomic E-state index is 11.6. The molecule has 130 valence electrons. The summed E-state index contributed by atoms with van der Waals surface area (Å²) in [6.45, 7) is 4.72. The first-order chi connectivity index (χ1) is 10.9. The molecule has 0 aromatic heterocycles. The second kappa shape index (κ2) is 5.21. The van der Waals surface area contributed by atoms with Crippen LogP contribution in [0.2, 0.25) is 0 Å². The fraction of sp³-hybridized carbons (Fsp3) is 0.950. The van der Waals surface area contributed by atoms with E-state index in [1.807, 2.05) is 0 Å². The molecule has 0 saturated heterocycles. The summed E-state index contributed by atoms with van der Waals surface area (Å²) in [6, 6.07) is 0. The predicted octanol–water partition coefficient (Wildman–Crippen LogP) is 2.76. The first-order valence-corrected chi connectivity index (χ1v) is 9.75. The molecular formula is C20H31O3-. The van der Waals surface area contributed by atoms with Gasteiger partial charge in [-0.3, -0.25) is 0 Å². The lowest BCUT2D eigenvalue weighted by Crippen LogP contribution is -2.55. The minimum Gasteiger partial charge on any atom is -0.550 e. The van der Waals surface area contributed by atoms with Crippen molar-refractivity contribution in [1.29, 1.82) is 0 Å². The highest BCUT2D eigenvalue weighted by molar-refractivity contribution is 5.69. The molecule has 8 atom stereocenters. The van der Waals surface area contributed by atoms with Crippen molar-refractivity contribution < 1.29 is 15.0 Å². The topological polar surface area (TPSA) is 60.4 Å². The van der Waals surface area contributed by atoms with Crippen LogP contribution in [0.25, 0.3) is 0 Å². The fourth-order valence-corrected chi connectivity index (χ4v) is 7.62. The van der Waals surface area contributed by atoms with Gasteiger partial charge in [-0.2, -0.15) is 0 Å². The van der Waals surface area contributed by atoms with E-state index in [0.717, 1.165) is 44.4 Å². The molecule has 0 radical (unpaired) electrons. The van der Waals surface area contributed by atoms with Gasteiger partial charge in [-0.15, -0.1) is 0 Å². The molecular weight excluding hydrogens is 288 g/mol. The standard InChI is InChI=1S/C20H32O3/c1-19-9-7-13(21)11-12(19)3-4-14-15-5-6-17(18(22)23)20(15,2)10-8-16(14)19/h12-17,21H,3-11H2,1-2H3,(H,22,23)/p-1/t12-,13+,14-,15+,16-,17+,19-,20-/m0/s1. The van der Waals surface area contributed by atoms with Crippen molar-refractivity contribution >= 4 is 5.97 Å². The first-order valence-electron chi connectivity index (χ1n) is 9.75. The van der Waals surface area contributed by atoms with E-state index in [4.69, 9.17) is 0 Å². The summed E-state index contributed by atoms with van der Waals surface area (Å²) < 4.78 is 0. The summed E-state index contributed by atoms with van der Waals surface area (Å²) in [4.78, 5) is 11.6. The third-order valence-electron chi connectivity index (χ3n) is 8.92. The molecule has 1 N–H and O–H groups in total. The fourth-order valence-electron chi connectivity index (χ4n) is 7.62. The number of rotatable bonds is 1. The van der Waals surface area contributed by atoms with E-state index in [0.29, 0.717) is 23.2 Å². The molecule has 0 aliphatic heterocycles. The van der Waals surface area contributed by atoms with E-state index in [1.165, 1.54) is 19.3 Å². The zero-order chi connectivity index (χ0) is 16.4. The van der Waals surface area contributed by atoms with E-state index in [-0.39, 0.29) is 17.4 Å². The van der Waals surface area contributed by atoms with Crippen molar-refractivity contribution in [1.82, 2.24) is 0 Å². The average Bonchev–Trinajstić information content (AvgIpc) is 2.85. The number of aliphatic hydroxyl groups excluding tert-OH is 1. The van der Waals surface area contributed by atoms with Crippen molar-refractivity contribution in [2.45, 2.75) is 77.7 Å². The van der Waals surface area contributed by atoms with Gasteiger partial charge in [-0.05, 0) is 92.3 Å². The molecule has 4 saturated carbocycles. The number of hydrogen-bond acceptors (Lipinski definition) is 3. The number of carbonyl (C=O) groups is 1. The summed E-state index contributed by atoms with van der Waals surface area (Å²) in [5.41, 5.74) is 0.348. The van der Waals surface area contributed by atoms with Crippen molar-refractivity contribution in [3.63, 3.8) is 0 Å². The maximum Gasteiger partial charge on any atom is 0.0543 e. The number of carbonyl (C=O) groups excluding carboxylic acids is 1. The van der Waals surface area contributed by atoms with Crippen LogP contribution in [0.3, 0.4) is 0 Å². The van der Waals surface area contributed by atoms with Gasteiger partial charge in [0.1, 0.15) is 0 Å². The van der Waals surface area contributed by atoms with Crippen LogP contribution in [0.4, 0.5) is 0 Å². The second-order valence-electron chi connectivity index (χ2n) is 9.58. The molecule has 0 spiro atoms. The minimum absolute atomic E-state index is 0.0304. The van der Waals surface area contributed by atoms with Gasteiger partial charge in [0.2, 0.25) is 0 Å².